The van der Waals surface area contributed by atoms with Crippen molar-refractivity contribution >= 4 is 12.0 Å². The average molecular weight is 384 g/mol. The highest BCUT2D eigenvalue weighted by Crippen LogP contribution is 2.32. The number of hydrogen-bond donors (Lipinski definition) is 2. The van der Waals surface area contributed by atoms with Crippen LogP contribution in [0.3, 0.4) is 0 Å². The fraction of sp³-hybridized carbons (Fsp3) is 0.579. The van der Waals surface area contributed by atoms with Crippen LogP contribution in [0.5, 0.6) is 0 Å². The molecule has 0 aromatic heterocycles. The summed E-state index contributed by atoms with van der Waals surface area (Å²) in [6, 6.07) is 4.71. The van der Waals surface area contributed by atoms with Gasteiger partial charge in [0.25, 0.3) is 0 Å². The predicted molar refractivity (Wildman–Crippen MR) is 91.9 cm³/mol. The van der Waals surface area contributed by atoms with E-state index in [1.54, 1.807) is 4.90 Å². The van der Waals surface area contributed by atoms with Crippen LogP contribution in [0.25, 0.3) is 0 Å². The van der Waals surface area contributed by atoms with E-state index in [0.29, 0.717) is 31.2 Å². The van der Waals surface area contributed by atoms with Crippen LogP contribution in [0.2, 0.25) is 0 Å². The number of aliphatic carboxylic acids is 1. The number of urea groups is 1. The molecule has 27 heavy (non-hydrogen) atoms. The lowest BCUT2D eigenvalue weighted by Crippen LogP contribution is -2.47. The average Bonchev–Trinajstić information content (AvgIpc) is 3.44. The summed E-state index contributed by atoms with van der Waals surface area (Å²) in [5, 5.41) is 12.0. The molecule has 0 aliphatic heterocycles. The smallest absolute Gasteiger partial charge is 0.416 e. The van der Waals surface area contributed by atoms with Gasteiger partial charge in [-0.1, -0.05) is 12.1 Å². The molecule has 8 heteroatoms. The second kappa shape index (κ2) is 7.78. The number of hydrogen-bond acceptors (Lipinski definition) is 2. The van der Waals surface area contributed by atoms with E-state index < -0.39 is 17.7 Å². The van der Waals surface area contributed by atoms with Gasteiger partial charge in [-0.25, -0.2) is 4.79 Å². The van der Waals surface area contributed by atoms with Gasteiger partial charge in [0.1, 0.15) is 0 Å². The summed E-state index contributed by atoms with van der Waals surface area (Å²) in [6.07, 6.45) is -0.255. The Labute approximate surface area is 155 Å². The van der Waals surface area contributed by atoms with Gasteiger partial charge in [0, 0.05) is 18.6 Å². The van der Waals surface area contributed by atoms with Gasteiger partial charge in [-0.05, 0) is 56.2 Å². The van der Waals surface area contributed by atoms with Crippen molar-refractivity contribution in [2.75, 3.05) is 0 Å². The first kappa shape index (κ1) is 19.5. The minimum atomic E-state index is -4.37. The highest BCUT2D eigenvalue weighted by atomic mass is 19.4. The first-order chi connectivity index (χ1) is 12.7. The monoisotopic (exact) mass is 384 g/mol. The molecule has 2 aliphatic rings. The molecule has 2 amide bonds. The summed E-state index contributed by atoms with van der Waals surface area (Å²) in [6.45, 7) is 0.263. The zero-order valence-corrected chi connectivity index (χ0v) is 14.8. The number of carbonyl (C=O) groups is 2. The molecule has 2 N–H and O–H groups in total. The lowest BCUT2D eigenvalue weighted by Gasteiger charge is -2.30. The fourth-order valence-electron chi connectivity index (χ4n) is 3.49. The summed E-state index contributed by atoms with van der Waals surface area (Å²) in [5.74, 6) is -1.13. The third-order valence-electron chi connectivity index (χ3n) is 5.29. The third-order valence-corrected chi connectivity index (χ3v) is 5.29. The van der Waals surface area contributed by atoms with Crippen LogP contribution in [0, 0.1) is 5.92 Å². The first-order valence-electron chi connectivity index (χ1n) is 9.20. The van der Waals surface area contributed by atoms with Crippen LogP contribution in [0.1, 0.15) is 49.7 Å². The van der Waals surface area contributed by atoms with Crippen molar-refractivity contribution in [3.63, 3.8) is 0 Å². The molecule has 2 fully saturated rings. The maximum atomic E-state index is 12.7. The second-order valence-electron chi connectivity index (χ2n) is 7.39. The Morgan fingerprint density at radius 3 is 2.11 bits per heavy atom. The Kier molecular flexibility index (Phi) is 5.62. The summed E-state index contributed by atoms with van der Waals surface area (Å²) in [7, 11) is 0. The van der Waals surface area contributed by atoms with E-state index >= 15 is 0 Å². The molecule has 148 valence electrons. The number of nitrogens with zero attached hydrogens (tertiary/aromatic N) is 1. The molecular formula is C19H23F3N2O3. The van der Waals surface area contributed by atoms with E-state index in [1.807, 2.05) is 0 Å². The van der Waals surface area contributed by atoms with Crippen molar-refractivity contribution < 1.29 is 27.9 Å². The molecule has 0 unspecified atom stereocenters. The molecule has 0 heterocycles. The van der Waals surface area contributed by atoms with Crippen molar-refractivity contribution in [3.05, 3.63) is 35.4 Å². The van der Waals surface area contributed by atoms with Gasteiger partial charge >= 0.3 is 18.2 Å². The number of carboxylic acid groups (broad SMARTS) is 1. The van der Waals surface area contributed by atoms with Gasteiger partial charge in [-0.15, -0.1) is 0 Å². The molecule has 3 rings (SSSR count). The summed E-state index contributed by atoms with van der Waals surface area (Å²) >= 11 is 0. The van der Waals surface area contributed by atoms with E-state index in [1.165, 1.54) is 12.1 Å². The molecule has 2 aliphatic carbocycles. The van der Waals surface area contributed by atoms with E-state index in [0.717, 1.165) is 25.0 Å². The van der Waals surface area contributed by atoms with Crippen LogP contribution in [-0.4, -0.2) is 34.1 Å². The van der Waals surface area contributed by atoms with Crippen molar-refractivity contribution in [3.8, 4) is 0 Å². The number of amides is 2. The van der Waals surface area contributed by atoms with Crippen molar-refractivity contribution in [1.29, 1.82) is 0 Å². The molecule has 2 saturated carbocycles. The molecule has 5 nitrogen and oxygen atoms in total. The molecule has 0 bridgehead atoms. The standard InChI is InChI=1S/C19H23F3N2O3/c20-19(21,22)14-5-1-12(2-6-14)11-24(16-9-10-16)18(27)23-15-7-3-13(4-8-15)17(25)26/h1-2,5-6,13,15-16H,3-4,7-11H2,(H,23,27)(H,25,26). The van der Waals surface area contributed by atoms with Crippen LogP contribution >= 0.6 is 0 Å². The molecular weight excluding hydrogens is 361 g/mol. The number of nitrogens with one attached hydrogen (secondary N) is 1. The quantitative estimate of drug-likeness (QED) is 0.806. The van der Waals surface area contributed by atoms with Crippen LogP contribution in [0.4, 0.5) is 18.0 Å². The minimum absolute atomic E-state index is 0.0537. The highest BCUT2D eigenvalue weighted by Gasteiger charge is 2.35. The lowest BCUT2D eigenvalue weighted by atomic mass is 9.86. The summed E-state index contributed by atoms with van der Waals surface area (Å²) in [5.41, 5.74) is -0.0523. The number of halogens is 3. The second-order valence-corrected chi connectivity index (χ2v) is 7.39. The number of benzene rings is 1. The highest BCUT2D eigenvalue weighted by molar-refractivity contribution is 5.75. The van der Waals surface area contributed by atoms with Gasteiger partial charge in [-0.2, -0.15) is 13.2 Å². The minimum Gasteiger partial charge on any atom is -0.481 e. The van der Waals surface area contributed by atoms with Crippen molar-refractivity contribution in [1.82, 2.24) is 10.2 Å². The van der Waals surface area contributed by atoms with Gasteiger partial charge in [0.2, 0.25) is 0 Å². The van der Waals surface area contributed by atoms with Gasteiger partial charge in [-0.3, -0.25) is 4.79 Å². The van der Waals surface area contributed by atoms with Crippen LogP contribution < -0.4 is 5.32 Å². The molecule has 1 aromatic rings. The zero-order valence-electron chi connectivity index (χ0n) is 14.8. The Hall–Kier alpha value is -2.25. The SMILES string of the molecule is O=C(O)C1CCC(NC(=O)N(Cc2ccc(C(F)(F)F)cc2)C2CC2)CC1. The topological polar surface area (TPSA) is 69.6 Å². The maximum absolute atomic E-state index is 12.7. The van der Waals surface area contributed by atoms with Crippen LogP contribution in [-0.2, 0) is 17.5 Å². The van der Waals surface area contributed by atoms with E-state index in [4.69, 9.17) is 5.11 Å². The van der Waals surface area contributed by atoms with E-state index in [-0.39, 0.29) is 30.6 Å². The van der Waals surface area contributed by atoms with Gasteiger partial charge in [0.05, 0.1) is 11.5 Å². The fourth-order valence-corrected chi connectivity index (χ4v) is 3.49. The Morgan fingerprint density at radius 1 is 1.04 bits per heavy atom. The lowest BCUT2D eigenvalue weighted by molar-refractivity contribution is -0.143. The van der Waals surface area contributed by atoms with E-state index in [9.17, 15) is 22.8 Å². The Bertz CT molecular complexity index is 678. The molecule has 0 radical (unpaired) electrons. The summed E-state index contributed by atoms with van der Waals surface area (Å²) in [4.78, 5) is 25.3. The third kappa shape index (κ3) is 5.14. The number of carbonyl (C=O) groups excluding carboxylic acids is 1. The Morgan fingerprint density at radius 2 is 1.63 bits per heavy atom. The van der Waals surface area contributed by atoms with E-state index in [2.05, 4.69) is 5.32 Å². The molecule has 0 spiro atoms. The number of rotatable bonds is 5. The maximum Gasteiger partial charge on any atom is 0.416 e. The van der Waals surface area contributed by atoms with Gasteiger partial charge < -0.3 is 15.3 Å². The molecule has 0 atom stereocenters. The molecule has 0 saturated heterocycles. The van der Waals surface area contributed by atoms with Crippen molar-refractivity contribution in [2.45, 2.75) is 63.3 Å². The number of alkyl halides is 3. The summed E-state index contributed by atoms with van der Waals surface area (Å²) < 4.78 is 38.0. The first-order valence-corrected chi connectivity index (χ1v) is 9.20. The van der Waals surface area contributed by atoms with Gasteiger partial charge in [0.15, 0.2) is 0 Å². The predicted octanol–water partition coefficient (Wildman–Crippen LogP) is 4.02. The largest absolute Gasteiger partial charge is 0.481 e. The van der Waals surface area contributed by atoms with Crippen LogP contribution in [0.15, 0.2) is 24.3 Å². The normalized spacial score (nSPS) is 22.9. The number of carboxylic acids is 1. The zero-order chi connectivity index (χ0) is 19.6. The molecule has 1 aromatic carbocycles. The Balaban J connectivity index is 1.57. The van der Waals surface area contributed by atoms with Crippen molar-refractivity contribution in [2.24, 2.45) is 5.92 Å².